The smallest absolute Gasteiger partial charge is 0.352 e. The van der Waals surface area contributed by atoms with Gasteiger partial charge in [0.25, 0.3) is 5.91 Å². The van der Waals surface area contributed by atoms with Crippen LogP contribution in [0.5, 0.6) is 0 Å². The van der Waals surface area contributed by atoms with E-state index in [-0.39, 0.29) is 18.5 Å². The summed E-state index contributed by atoms with van der Waals surface area (Å²) in [5.41, 5.74) is -2.04. The largest absolute Gasteiger partial charge is 0.383 e. The van der Waals surface area contributed by atoms with Gasteiger partial charge >= 0.3 is 5.92 Å². The molecule has 0 radical (unpaired) electrons. The van der Waals surface area contributed by atoms with Gasteiger partial charge in [0, 0.05) is 18.8 Å². The van der Waals surface area contributed by atoms with E-state index >= 15 is 0 Å². The molecule has 2 fully saturated rings. The number of hydrogen-bond donors (Lipinski definition) is 2. The Bertz CT molecular complexity index is 629. The second kappa shape index (κ2) is 6.25. The van der Waals surface area contributed by atoms with Crippen molar-refractivity contribution in [2.45, 2.75) is 30.8 Å². The van der Waals surface area contributed by atoms with Gasteiger partial charge in [-0.05, 0) is 37.5 Å². The lowest BCUT2D eigenvalue weighted by Gasteiger charge is -2.41. The molecule has 1 heterocycles. The number of carbonyl (C=O) groups excluding carboxylic acids is 1. The van der Waals surface area contributed by atoms with Crippen molar-refractivity contribution in [1.29, 1.82) is 0 Å². The molecule has 2 aliphatic rings. The molecule has 24 heavy (non-hydrogen) atoms. The van der Waals surface area contributed by atoms with Gasteiger partial charge in [-0.1, -0.05) is 0 Å². The predicted molar refractivity (Wildman–Crippen MR) is 81.8 cm³/mol. The summed E-state index contributed by atoms with van der Waals surface area (Å²) in [4.78, 5) is 13.6. The van der Waals surface area contributed by atoms with Crippen LogP contribution >= 0.6 is 0 Å². The van der Waals surface area contributed by atoms with E-state index in [1.54, 1.807) is 4.90 Å². The molecule has 0 bridgehead atoms. The zero-order chi connectivity index (χ0) is 17.4. The van der Waals surface area contributed by atoms with Crippen LogP contribution in [0.2, 0.25) is 0 Å². The molecule has 0 spiro atoms. The quantitative estimate of drug-likeness (QED) is 0.879. The van der Waals surface area contributed by atoms with Gasteiger partial charge in [0.05, 0.1) is 18.9 Å². The zero-order valence-electron chi connectivity index (χ0n) is 13.0. The molecule has 0 atom stereocenters. The fraction of sp³-hybridized carbons (Fsp3) is 0.562. The van der Waals surface area contributed by atoms with Crippen LogP contribution in [0.4, 0.5) is 24.5 Å². The van der Waals surface area contributed by atoms with Crippen molar-refractivity contribution in [3.05, 3.63) is 24.0 Å². The van der Waals surface area contributed by atoms with Crippen LogP contribution in [-0.2, 0) is 9.53 Å². The summed E-state index contributed by atoms with van der Waals surface area (Å²) in [6, 6.07) is 3.81. The Hall–Kier alpha value is -1.80. The summed E-state index contributed by atoms with van der Waals surface area (Å²) >= 11 is 0. The normalized spacial score (nSPS) is 20.4. The van der Waals surface area contributed by atoms with Crippen molar-refractivity contribution in [2.24, 2.45) is 0 Å². The SMILES string of the molecule is O=C(Nc1ccc(N2CCOCC2)c(F)c1)C(F)(F)C1(O)CCC1. The first kappa shape index (κ1) is 17.0. The highest BCUT2D eigenvalue weighted by molar-refractivity contribution is 5.97. The topological polar surface area (TPSA) is 61.8 Å². The van der Waals surface area contributed by atoms with Gasteiger partial charge in [0.1, 0.15) is 11.4 Å². The number of anilines is 2. The van der Waals surface area contributed by atoms with Crippen molar-refractivity contribution in [1.82, 2.24) is 0 Å². The molecule has 132 valence electrons. The summed E-state index contributed by atoms with van der Waals surface area (Å²) in [6.07, 6.45) is 0.192. The number of morpholine rings is 1. The first-order valence-electron chi connectivity index (χ1n) is 7.87. The number of carbonyl (C=O) groups is 1. The van der Waals surface area contributed by atoms with Gasteiger partial charge < -0.3 is 20.1 Å². The van der Waals surface area contributed by atoms with Crippen LogP contribution in [0.3, 0.4) is 0 Å². The lowest BCUT2D eigenvalue weighted by atomic mass is 9.75. The Morgan fingerprint density at radius 3 is 2.50 bits per heavy atom. The number of amides is 1. The molecule has 1 aromatic rings. The molecule has 1 saturated carbocycles. The highest BCUT2D eigenvalue weighted by Crippen LogP contribution is 2.44. The van der Waals surface area contributed by atoms with E-state index in [9.17, 15) is 23.1 Å². The van der Waals surface area contributed by atoms with Crippen LogP contribution < -0.4 is 10.2 Å². The molecule has 5 nitrogen and oxygen atoms in total. The summed E-state index contributed by atoms with van der Waals surface area (Å²) in [5.74, 6) is -6.14. The Kier molecular flexibility index (Phi) is 4.44. The van der Waals surface area contributed by atoms with Crippen LogP contribution in [0.15, 0.2) is 18.2 Å². The monoisotopic (exact) mass is 344 g/mol. The van der Waals surface area contributed by atoms with Crippen LogP contribution in [0, 0.1) is 5.82 Å². The molecule has 3 rings (SSSR count). The first-order chi connectivity index (χ1) is 11.3. The van der Waals surface area contributed by atoms with E-state index in [0.717, 1.165) is 6.07 Å². The van der Waals surface area contributed by atoms with E-state index < -0.39 is 23.2 Å². The number of halogens is 3. The van der Waals surface area contributed by atoms with E-state index in [0.29, 0.717) is 38.4 Å². The number of alkyl halides is 2. The van der Waals surface area contributed by atoms with Gasteiger partial charge in [-0.2, -0.15) is 8.78 Å². The number of nitrogens with zero attached hydrogens (tertiary/aromatic N) is 1. The highest BCUT2D eigenvalue weighted by atomic mass is 19.3. The molecular formula is C16H19F3N2O3. The van der Waals surface area contributed by atoms with Crippen molar-refractivity contribution >= 4 is 17.3 Å². The first-order valence-corrected chi connectivity index (χ1v) is 7.87. The minimum Gasteiger partial charge on any atom is -0.383 e. The maximum Gasteiger partial charge on any atom is 0.352 e. The number of benzene rings is 1. The van der Waals surface area contributed by atoms with Gasteiger partial charge in [0.15, 0.2) is 0 Å². The molecule has 0 unspecified atom stereocenters. The third-order valence-electron chi connectivity index (χ3n) is 4.61. The number of ether oxygens (including phenoxy) is 1. The molecule has 2 N–H and O–H groups in total. The van der Waals surface area contributed by atoms with Crippen LogP contribution in [0.1, 0.15) is 19.3 Å². The Balaban J connectivity index is 1.71. The average Bonchev–Trinajstić information content (AvgIpc) is 2.53. The third-order valence-corrected chi connectivity index (χ3v) is 4.61. The Morgan fingerprint density at radius 2 is 1.96 bits per heavy atom. The van der Waals surface area contributed by atoms with Crippen molar-refractivity contribution in [3.63, 3.8) is 0 Å². The summed E-state index contributed by atoms with van der Waals surface area (Å²) in [7, 11) is 0. The molecule has 8 heteroatoms. The van der Waals surface area contributed by atoms with E-state index in [1.807, 2.05) is 5.32 Å². The van der Waals surface area contributed by atoms with Crippen molar-refractivity contribution in [3.8, 4) is 0 Å². The lowest BCUT2D eigenvalue weighted by molar-refractivity contribution is -0.212. The van der Waals surface area contributed by atoms with Gasteiger partial charge in [-0.3, -0.25) is 4.79 Å². The zero-order valence-corrected chi connectivity index (χ0v) is 13.0. The van der Waals surface area contributed by atoms with Gasteiger partial charge in [-0.25, -0.2) is 4.39 Å². The number of hydrogen-bond acceptors (Lipinski definition) is 4. The van der Waals surface area contributed by atoms with E-state index in [4.69, 9.17) is 4.74 Å². The summed E-state index contributed by atoms with van der Waals surface area (Å²) in [5, 5.41) is 11.7. The number of rotatable bonds is 4. The molecule has 1 aromatic carbocycles. The third kappa shape index (κ3) is 2.95. The fourth-order valence-corrected chi connectivity index (χ4v) is 2.89. The Labute approximate surface area is 137 Å². The predicted octanol–water partition coefficient (Wildman–Crippen LogP) is 2.15. The maximum absolute atomic E-state index is 14.2. The second-order valence-corrected chi connectivity index (χ2v) is 6.18. The van der Waals surface area contributed by atoms with Crippen molar-refractivity contribution < 1.29 is 27.8 Å². The minimum absolute atomic E-state index is 0.0721. The molecular weight excluding hydrogens is 325 g/mol. The summed E-state index contributed by atoms with van der Waals surface area (Å²) < 4.78 is 47.5. The standard InChI is InChI=1S/C16H19F3N2O3/c17-12-10-11(2-3-13(12)21-6-8-24-9-7-21)20-14(22)16(18,19)15(23)4-1-5-15/h2-3,10,23H,1,4-9H2,(H,20,22). The van der Waals surface area contributed by atoms with E-state index in [2.05, 4.69) is 0 Å². The summed E-state index contributed by atoms with van der Waals surface area (Å²) in [6.45, 7) is 2.05. The maximum atomic E-state index is 14.2. The van der Waals surface area contributed by atoms with Crippen molar-refractivity contribution in [2.75, 3.05) is 36.5 Å². The van der Waals surface area contributed by atoms with E-state index in [1.165, 1.54) is 12.1 Å². The molecule has 1 saturated heterocycles. The van der Waals surface area contributed by atoms with Gasteiger partial charge in [-0.15, -0.1) is 0 Å². The number of nitrogens with one attached hydrogen (secondary N) is 1. The minimum atomic E-state index is -3.91. The molecule has 1 aliphatic carbocycles. The van der Waals surface area contributed by atoms with Gasteiger partial charge in [0.2, 0.25) is 0 Å². The second-order valence-electron chi connectivity index (χ2n) is 6.18. The average molecular weight is 344 g/mol. The molecule has 1 amide bonds. The molecule has 1 aliphatic heterocycles. The van der Waals surface area contributed by atoms with Crippen LogP contribution in [0.25, 0.3) is 0 Å². The Morgan fingerprint density at radius 1 is 1.29 bits per heavy atom. The number of aliphatic hydroxyl groups is 1. The highest BCUT2D eigenvalue weighted by Gasteiger charge is 2.61. The van der Waals surface area contributed by atoms with Crippen LogP contribution in [-0.4, -0.2) is 48.8 Å². The molecule has 0 aromatic heterocycles. The lowest BCUT2D eigenvalue weighted by Crippen LogP contribution is -2.59. The fourth-order valence-electron chi connectivity index (χ4n) is 2.89.